The summed E-state index contributed by atoms with van der Waals surface area (Å²) in [5.41, 5.74) is -1.86. The first-order chi connectivity index (χ1) is 47.8. The van der Waals surface area contributed by atoms with E-state index in [1.54, 1.807) is 125 Å². The van der Waals surface area contributed by atoms with Crippen molar-refractivity contribution in [3.8, 4) is 22.8 Å². The van der Waals surface area contributed by atoms with Crippen LogP contribution in [0.25, 0.3) is 33.3 Å². The molecular formula is C75H79N7O18. The second-order valence-corrected chi connectivity index (χ2v) is 26.7. The van der Waals surface area contributed by atoms with E-state index >= 15 is 4.79 Å². The number of ketones is 1. The van der Waals surface area contributed by atoms with Crippen LogP contribution in [0.2, 0.25) is 0 Å². The molecule has 7 N–H and O–H groups in total. The fourth-order valence-electron chi connectivity index (χ4n) is 15.1. The standard InChI is InChI=1S/C47H51NO14.C28H28N6O4/c1-25-31(60-43(56)36(52)35(28-16-10-7-11-17-28)48-41(54)29-18-12-8-13-19-29)23-47(57)40(61-42(55)30-20-14-9-15-21-30)38-45(6,32(51)22-33-46(38,24-58-33)62-27(3)50)39(53)37(59-26(2)49)34(25)44(47,4)5;1-15-31-21-10-8-16(12-23(21)37-15)19-14-30-25-24(19)27(38-18-6-4-5-7-18)34-28(33-25)32-20-11-9-17(26(35)29-2)13-22(20)36-3/h7-21,31-33,35-38,40,51-52,57H,22-24H2,1-6H3,(H,48,54);8-14,18H,4-7H2,1-3H3,(H,29,35)(H2,30,32,33,34)/t31-,32-,33+,35-,36+,37+,38-,40-,45+,46-,47+;/m0./s1. The van der Waals surface area contributed by atoms with E-state index in [1.165, 1.54) is 26.0 Å². The number of benzene rings is 5. The molecule has 0 unspecified atom stereocenters. The molecule has 25 heteroatoms. The van der Waals surface area contributed by atoms with Crippen LogP contribution < -0.4 is 25.4 Å². The number of hydrogen-bond donors (Lipinski definition) is 7. The maximum atomic E-state index is 15.5. The summed E-state index contributed by atoms with van der Waals surface area (Å²) in [6.07, 6.45) is -4.24. The summed E-state index contributed by atoms with van der Waals surface area (Å²) in [7, 11) is 3.14. The van der Waals surface area contributed by atoms with Gasteiger partial charge in [0.05, 0.1) is 53.8 Å². The lowest BCUT2D eigenvalue weighted by Crippen LogP contribution is -2.82. The van der Waals surface area contributed by atoms with Gasteiger partial charge < -0.3 is 73.8 Å². The molecule has 100 heavy (non-hydrogen) atoms. The van der Waals surface area contributed by atoms with Gasteiger partial charge in [-0.05, 0) is 116 Å². The molecule has 4 heterocycles. The van der Waals surface area contributed by atoms with Crippen molar-refractivity contribution < 1.29 is 86.5 Å². The number of H-pyrrole nitrogens is 1. The van der Waals surface area contributed by atoms with E-state index in [4.69, 9.17) is 47.5 Å². The van der Waals surface area contributed by atoms with Gasteiger partial charge in [-0.2, -0.15) is 9.97 Å². The highest BCUT2D eigenvalue weighted by Crippen LogP contribution is 2.64. The molecule has 25 nitrogen and oxygen atoms in total. The smallest absolute Gasteiger partial charge is 0.338 e. The quantitative estimate of drug-likeness (QED) is 0.0253. The Kier molecular flexibility index (Phi) is 19.3. The molecule has 1 aliphatic heterocycles. The Labute approximate surface area is 575 Å². The Morgan fingerprint density at radius 1 is 0.780 bits per heavy atom. The average Bonchev–Trinajstić information content (AvgIpc) is 0.777. The van der Waals surface area contributed by atoms with Crippen molar-refractivity contribution in [2.24, 2.45) is 16.7 Å². The highest BCUT2D eigenvalue weighted by atomic mass is 16.6. The minimum absolute atomic E-state index is 0.00289. The first-order valence-electron chi connectivity index (χ1n) is 33.1. The van der Waals surface area contributed by atoms with Gasteiger partial charge in [0.15, 0.2) is 35.1 Å². The van der Waals surface area contributed by atoms with Crippen molar-refractivity contribution in [1.82, 2.24) is 30.6 Å². The van der Waals surface area contributed by atoms with Crippen molar-refractivity contribution in [1.29, 1.82) is 0 Å². The molecule has 8 aromatic rings. The summed E-state index contributed by atoms with van der Waals surface area (Å²) < 4.78 is 48.0. The number of carbonyl (C=O) groups is 7. The number of aryl methyl sites for hydroxylation is 1. The van der Waals surface area contributed by atoms with Gasteiger partial charge in [0.2, 0.25) is 11.8 Å². The number of aromatic amines is 1. The number of rotatable bonds is 17. The van der Waals surface area contributed by atoms with Crippen LogP contribution in [-0.2, 0) is 42.9 Å². The number of methoxy groups -OCH3 is 1. The molecule has 11 atom stereocenters. The van der Waals surface area contributed by atoms with E-state index in [0.29, 0.717) is 45.9 Å². The maximum Gasteiger partial charge on any atom is 0.338 e. The molecule has 5 aromatic carbocycles. The number of Topliss-reactive ketones (excluding diaryl/α,β-unsaturated/α-hetero) is 1. The summed E-state index contributed by atoms with van der Waals surface area (Å²) in [5.74, 6) is -5.05. The molecule has 5 aliphatic rings. The van der Waals surface area contributed by atoms with Crippen LogP contribution in [-0.4, -0.2) is 151 Å². The minimum Gasteiger partial charge on any atom is -0.495 e. The molecule has 13 rings (SSSR count). The fraction of sp³-hybridized carbons (Fsp3) is 0.387. The van der Waals surface area contributed by atoms with E-state index in [1.807, 2.05) is 31.3 Å². The molecule has 1 saturated heterocycles. The SMILES string of the molecule is CC(=O)O[C@H]1C(=O)[C@@]2(C)[C@H]([C@H](OC(=O)c3ccccc3)[C@]3(O)C[C@H](OC(=O)[C@H](O)[C@@H](NC(=O)c4ccccc4)c4ccccc4)C(C)=C1C3(C)C)[C@]1(OC(C)=O)CO[C@@H]1C[C@@H]2O.CNC(=O)c1ccc(Nc2nc(OC3CCCC3)c3c(-c4ccc5nc(C)oc5c4)c[nH]c3n2)c(OC)c1. The van der Waals surface area contributed by atoms with E-state index in [0.717, 1.165) is 67.1 Å². The topological polar surface area (TPSA) is 348 Å². The lowest BCUT2D eigenvalue weighted by Gasteiger charge is -2.67. The van der Waals surface area contributed by atoms with E-state index in [9.17, 15) is 44.1 Å². The van der Waals surface area contributed by atoms with Crippen molar-refractivity contribution in [3.05, 3.63) is 173 Å². The Balaban J connectivity index is 0.000000212. The molecule has 4 aliphatic carbocycles. The zero-order valence-electron chi connectivity index (χ0n) is 56.7. The first kappa shape index (κ1) is 69.6. The number of carbonyl (C=O) groups excluding carboxylic acids is 7. The maximum absolute atomic E-state index is 15.5. The van der Waals surface area contributed by atoms with Crippen LogP contribution in [0.4, 0.5) is 11.6 Å². The van der Waals surface area contributed by atoms with E-state index in [-0.39, 0.29) is 47.3 Å². The molecule has 522 valence electrons. The Bertz CT molecular complexity index is 4500. The van der Waals surface area contributed by atoms with Gasteiger partial charge in [-0.25, -0.2) is 14.6 Å². The second kappa shape index (κ2) is 27.8. The van der Waals surface area contributed by atoms with Crippen LogP contribution in [0.3, 0.4) is 0 Å². The zero-order chi connectivity index (χ0) is 71.2. The molecule has 2 bridgehead atoms. The van der Waals surface area contributed by atoms with Gasteiger partial charge in [-0.1, -0.05) is 86.6 Å². The van der Waals surface area contributed by atoms with Crippen LogP contribution in [0.5, 0.6) is 11.6 Å². The zero-order valence-corrected chi connectivity index (χ0v) is 56.7. The lowest BCUT2D eigenvalue weighted by atomic mass is 9.44. The Morgan fingerprint density at radius 2 is 1.46 bits per heavy atom. The van der Waals surface area contributed by atoms with E-state index in [2.05, 4.69) is 25.9 Å². The summed E-state index contributed by atoms with van der Waals surface area (Å²) in [5, 5.41) is 46.9. The minimum atomic E-state index is -2.39. The normalized spacial score (nSPS) is 25.0. The number of aliphatic hydroxyl groups excluding tert-OH is 2. The number of ether oxygens (including phenoxy) is 7. The largest absolute Gasteiger partial charge is 0.495 e. The number of nitrogens with zero attached hydrogens (tertiary/aromatic N) is 3. The molecular weight excluding hydrogens is 1290 g/mol. The number of esters is 4. The fourth-order valence-corrected chi connectivity index (χ4v) is 15.1. The lowest BCUT2D eigenvalue weighted by molar-refractivity contribution is -0.346. The highest BCUT2D eigenvalue weighted by Gasteiger charge is 2.78. The van der Waals surface area contributed by atoms with Gasteiger partial charge in [0.1, 0.15) is 46.9 Å². The second-order valence-electron chi connectivity index (χ2n) is 26.7. The number of oxazole rings is 1. The third-order valence-electron chi connectivity index (χ3n) is 20.3. The third kappa shape index (κ3) is 12.8. The number of amides is 2. The number of aromatic nitrogens is 4. The Morgan fingerprint density at radius 3 is 2.10 bits per heavy atom. The number of aliphatic hydroxyl groups is 3. The van der Waals surface area contributed by atoms with Crippen molar-refractivity contribution in [2.45, 2.75) is 147 Å². The monoisotopic (exact) mass is 1370 g/mol. The summed E-state index contributed by atoms with van der Waals surface area (Å²) in [4.78, 5) is 113. The highest BCUT2D eigenvalue weighted by molar-refractivity contribution is 6.00. The van der Waals surface area contributed by atoms with Crippen molar-refractivity contribution in [2.75, 3.05) is 26.1 Å². The molecule has 2 amide bonds. The first-order valence-corrected chi connectivity index (χ1v) is 33.1. The summed E-state index contributed by atoms with van der Waals surface area (Å²) >= 11 is 0. The molecule has 0 spiro atoms. The molecule has 3 saturated carbocycles. The van der Waals surface area contributed by atoms with Crippen LogP contribution in [0.1, 0.15) is 129 Å². The number of nitrogens with one attached hydrogen (secondary N) is 4. The third-order valence-corrected chi connectivity index (χ3v) is 20.3. The van der Waals surface area contributed by atoms with Crippen LogP contribution in [0.15, 0.2) is 149 Å². The van der Waals surface area contributed by atoms with Crippen molar-refractivity contribution in [3.63, 3.8) is 0 Å². The van der Waals surface area contributed by atoms with Gasteiger partial charge in [-0.3, -0.25) is 24.0 Å². The predicted molar refractivity (Wildman–Crippen MR) is 362 cm³/mol. The summed E-state index contributed by atoms with van der Waals surface area (Å²) in [6.45, 7) is 9.81. The van der Waals surface area contributed by atoms with Crippen molar-refractivity contribution >= 4 is 75.2 Å². The van der Waals surface area contributed by atoms with Crippen LogP contribution >= 0.6 is 0 Å². The molecule has 0 radical (unpaired) electrons. The van der Waals surface area contributed by atoms with Crippen LogP contribution in [0, 0.1) is 23.7 Å². The predicted octanol–water partition coefficient (Wildman–Crippen LogP) is 9.24. The van der Waals surface area contributed by atoms with Gasteiger partial charge in [-0.15, -0.1) is 0 Å². The van der Waals surface area contributed by atoms with E-state index < -0.39 is 113 Å². The average molecular weight is 1370 g/mol. The summed E-state index contributed by atoms with van der Waals surface area (Å²) in [6, 6.07) is 34.0. The molecule has 3 aromatic heterocycles. The molecule has 4 fully saturated rings. The number of fused-ring (bicyclic) bond motifs is 7. The number of anilines is 2. The Hall–Kier alpha value is -10.3. The van der Waals surface area contributed by atoms with Gasteiger partial charge in [0, 0.05) is 69.0 Å². The van der Waals surface area contributed by atoms with Gasteiger partial charge >= 0.3 is 23.9 Å². The number of hydrogen-bond acceptors (Lipinski definition) is 22. The van der Waals surface area contributed by atoms with Gasteiger partial charge in [0.25, 0.3) is 11.8 Å².